The Bertz CT molecular complexity index is 867. The Labute approximate surface area is 154 Å². The van der Waals surface area contributed by atoms with Gasteiger partial charge in [0, 0.05) is 19.4 Å². The minimum absolute atomic E-state index is 0.285. The van der Waals surface area contributed by atoms with E-state index in [2.05, 4.69) is 26.0 Å². The van der Waals surface area contributed by atoms with Gasteiger partial charge in [-0.1, -0.05) is 44.5 Å². The molecule has 0 aliphatic heterocycles. The van der Waals surface area contributed by atoms with Gasteiger partial charge < -0.3 is 9.47 Å². The molecule has 2 aromatic rings. The van der Waals surface area contributed by atoms with E-state index in [0.29, 0.717) is 11.7 Å². The number of hydrogen-bond acceptors (Lipinski definition) is 4. The van der Waals surface area contributed by atoms with Crippen LogP contribution in [0, 0.1) is 0 Å². The fourth-order valence-corrected chi connectivity index (χ4v) is 3.88. The first-order chi connectivity index (χ1) is 12.4. The number of carbonyl (C=O) groups excluding carboxylic acids is 2. The second kappa shape index (κ2) is 7.32. The van der Waals surface area contributed by atoms with E-state index in [1.54, 1.807) is 6.07 Å². The van der Waals surface area contributed by atoms with E-state index in [4.69, 9.17) is 9.47 Å². The maximum absolute atomic E-state index is 11.7. The van der Waals surface area contributed by atoms with Crippen LogP contribution in [0.4, 0.5) is 0 Å². The summed E-state index contributed by atoms with van der Waals surface area (Å²) in [5.41, 5.74) is 5.66. The summed E-state index contributed by atoms with van der Waals surface area (Å²) in [6.07, 6.45) is 2.94. The lowest BCUT2D eigenvalue weighted by molar-refractivity contribution is -0.134. The van der Waals surface area contributed by atoms with Gasteiger partial charge in [-0.3, -0.25) is 9.59 Å². The Hall–Kier alpha value is -2.62. The molecule has 0 radical (unpaired) electrons. The van der Waals surface area contributed by atoms with Crippen molar-refractivity contribution in [2.45, 2.75) is 52.9 Å². The maximum atomic E-state index is 11.7. The van der Waals surface area contributed by atoms with Crippen molar-refractivity contribution in [1.82, 2.24) is 0 Å². The summed E-state index contributed by atoms with van der Waals surface area (Å²) in [6, 6.07) is 9.96. The van der Waals surface area contributed by atoms with E-state index in [-0.39, 0.29) is 5.75 Å². The van der Waals surface area contributed by atoms with Crippen LogP contribution in [0.2, 0.25) is 0 Å². The van der Waals surface area contributed by atoms with Gasteiger partial charge in [0.2, 0.25) is 0 Å². The van der Waals surface area contributed by atoms with Gasteiger partial charge in [0.25, 0.3) is 0 Å². The largest absolute Gasteiger partial charge is 0.423 e. The van der Waals surface area contributed by atoms with Crippen LogP contribution in [0.25, 0.3) is 11.1 Å². The highest BCUT2D eigenvalue weighted by Gasteiger charge is 2.29. The van der Waals surface area contributed by atoms with Crippen LogP contribution in [0.5, 0.6) is 11.5 Å². The topological polar surface area (TPSA) is 52.6 Å². The molecule has 0 unspecified atom stereocenters. The van der Waals surface area contributed by atoms with Crippen LogP contribution < -0.4 is 9.47 Å². The SMILES string of the molecule is CCCc1cccc2c1[C@@H](C)Cc1ccc(OC(C)=O)c(OC(C)=O)c1-2. The minimum atomic E-state index is -0.442. The molecule has 0 saturated heterocycles. The predicted molar refractivity (Wildman–Crippen MR) is 101 cm³/mol. The number of hydrogen-bond donors (Lipinski definition) is 0. The molecule has 0 spiro atoms. The van der Waals surface area contributed by atoms with Crippen molar-refractivity contribution < 1.29 is 19.1 Å². The lowest BCUT2D eigenvalue weighted by Gasteiger charge is -2.29. The first kappa shape index (κ1) is 18.2. The van der Waals surface area contributed by atoms with E-state index in [1.165, 1.54) is 25.0 Å². The molecule has 3 rings (SSSR count). The third-order valence-electron chi connectivity index (χ3n) is 4.71. The molecule has 1 aliphatic rings. The summed E-state index contributed by atoms with van der Waals surface area (Å²) >= 11 is 0. The van der Waals surface area contributed by atoms with Crippen LogP contribution >= 0.6 is 0 Å². The van der Waals surface area contributed by atoms with Crippen LogP contribution in [-0.4, -0.2) is 11.9 Å². The summed E-state index contributed by atoms with van der Waals surface area (Å²) in [4.78, 5) is 23.2. The molecular weight excluding hydrogens is 328 g/mol. The van der Waals surface area contributed by atoms with E-state index < -0.39 is 11.9 Å². The smallest absolute Gasteiger partial charge is 0.308 e. The second-order valence-electron chi connectivity index (χ2n) is 6.85. The zero-order valence-electron chi connectivity index (χ0n) is 15.7. The zero-order chi connectivity index (χ0) is 18.8. The van der Waals surface area contributed by atoms with Gasteiger partial charge in [0.05, 0.1) is 0 Å². The molecule has 0 N–H and O–H groups in total. The normalized spacial score (nSPS) is 15.0. The summed E-state index contributed by atoms with van der Waals surface area (Å²) in [7, 11) is 0. The summed E-state index contributed by atoms with van der Waals surface area (Å²) in [5, 5.41) is 0. The molecule has 26 heavy (non-hydrogen) atoms. The Morgan fingerprint density at radius 1 is 1.08 bits per heavy atom. The van der Waals surface area contributed by atoms with Gasteiger partial charge in [-0.05, 0) is 47.1 Å². The molecular formula is C22H24O4. The fourth-order valence-electron chi connectivity index (χ4n) is 3.88. The zero-order valence-corrected chi connectivity index (χ0v) is 15.7. The average molecular weight is 352 g/mol. The van der Waals surface area contributed by atoms with Gasteiger partial charge in [-0.2, -0.15) is 0 Å². The minimum Gasteiger partial charge on any atom is -0.423 e. The number of rotatable bonds is 4. The fraction of sp³-hybridized carbons (Fsp3) is 0.364. The molecule has 0 fully saturated rings. The van der Waals surface area contributed by atoms with Gasteiger partial charge >= 0.3 is 11.9 Å². The molecule has 136 valence electrons. The van der Waals surface area contributed by atoms with Gasteiger partial charge in [0.1, 0.15) is 0 Å². The molecule has 0 amide bonds. The Kier molecular flexibility index (Phi) is 5.12. The number of ether oxygens (including phenoxy) is 2. The summed E-state index contributed by atoms with van der Waals surface area (Å²) < 4.78 is 10.8. The molecule has 0 heterocycles. The molecule has 4 heteroatoms. The van der Waals surface area contributed by atoms with E-state index in [1.807, 2.05) is 12.1 Å². The van der Waals surface area contributed by atoms with Gasteiger partial charge in [-0.15, -0.1) is 0 Å². The van der Waals surface area contributed by atoms with Crippen molar-refractivity contribution in [3.8, 4) is 22.6 Å². The molecule has 2 aromatic carbocycles. The average Bonchev–Trinajstić information content (AvgIpc) is 2.56. The van der Waals surface area contributed by atoms with Gasteiger partial charge in [0.15, 0.2) is 11.5 Å². The number of carbonyl (C=O) groups is 2. The highest BCUT2D eigenvalue weighted by molar-refractivity contribution is 5.86. The van der Waals surface area contributed by atoms with Crippen molar-refractivity contribution in [2.75, 3.05) is 0 Å². The molecule has 1 atom stereocenters. The highest BCUT2D eigenvalue weighted by Crippen LogP contribution is 2.49. The predicted octanol–water partition coefficient (Wildman–Crippen LogP) is 4.82. The van der Waals surface area contributed by atoms with E-state index >= 15 is 0 Å². The number of esters is 2. The number of fused-ring (bicyclic) bond motifs is 3. The van der Waals surface area contributed by atoms with E-state index in [0.717, 1.165) is 36.0 Å². The lowest BCUT2D eigenvalue weighted by Crippen LogP contribution is -2.15. The molecule has 1 aliphatic carbocycles. The Balaban J connectivity index is 2.27. The quantitative estimate of drug-likeness (QED) is 0.585. The van der Waals surface area contributed by atoms with Crippen LogP contribution in [-0.2, 0) is 22.4 Å². The van der Waals surface area contributed by atoms with Crippen molar-refractivity contribution in [3.63, 3.8) is 0 Å². The van der Waals surface area contributed by atoms with Crippen LogP contribution in [0.1, 0.15) is 56.7 Å². The standard InChI is InChI=1S/C22H24O4/c1-5-7-16-8-6-9-18-20(16)13(2)12-17-10-11-19(25-14(3)23)22(21(17)18)26-15(4)24/h6,8-11,13H,5,7,12H2,1-4H3/t13-/m0/s1. The molecule has 4 nitrogen and oxygen atoms in total. The first-order valence-electron chi connectivity index (χ1n) is 9.07. The molecule has 0 saturated carbocycles. The molecule has 0 bridgehead atoms. The third kappa shape index (κ3) is 3.36. The third-order valence-corrected chi connectivity index (χ3v) is 4.71. The van der Waals surface area contributed by atoms with Crippen molar-refractivity contribution >= 4 is 11.9 Å². The van der Waals surface area contributed by atoms with Crippen LogP contribution in [0.3, 0.4) is 0 Å². The van der Waals surface area contributed by atoms with Crippen molar-refractivity contribution in [3.05, 3.63) is 47.0 Å². The first-order valence-corrected chi connectivity index (χ1v) is 9.07. The maximum Gasteiger partial charge on any atom is 0.308 e. The van der Waals surface area contributed by atoms with Gasteiger partial charge in [-0.25, -0.2) is 0 Å². The summed E-state index contributed by atoms with van der Waals surface area (Å²) in [5.74, 6) is 0.129. The second-order valence-corrected chi connectivity index (χ2v) is 6.85. The van der Waals surface area contributed by atoms with Crippen molar-refractivity contribution in [1.29, 1.82) is 0 Å². The molecule has 0 aromatic heterocycles. The summed E-state index contributed by atoms with van der Waals surface area (Å²) in [6.45, 7) is 7.10. The van der Waals surface area contributed by atoms with Crippen molar-refractivity contribution in [2.24, 2.45) is 0 Å². The Morgan fingerprint density at radius 3 is 2.46 bits per heavy atom. The van der Waals surface area contributed by atoms with E-state index in [9.17, 15) is 9.59 Å². The number of benzene rings is 2. The monoisotopic (exact) mass is 352 g/mol. The lowest BCUT2D eigenvalue weighted by atomic mass is 9.76. The highest BCUT2D eigenvalue weighted by atomic mass is 16.6. The Morgan fingerprint density at radius 2 is 1.81 bits per heavy atom. The van der Waals surface area contributed by atoms with Crippen LogP contribution in [0.15, 0.2) is 30.3 Å². The number of aryl methyl sites for hydroxylation is 1.